The normalized spacial score (nSPS) is 19.0. The number of fused-ring (bicyclic) bond motifs is 1. The molecule has 134 valence electrons. The molecule has 0 aromatic carbocycles. The molecule has 3 aromatic rings. The van der Waals surface area contributed by atoms with Gasteiger partial charge in [-0.2, -0.15) is 4.52 Å². The molecule has 0 bridgehead atoms. The van der Waals surface area contributed by atoms with Crippen molar-refractivity contribution in [1.82, 2.24) is 34.7 Å². The minimum atomic E-state index is 0.400. The molecule has 0 unspecified atom stereocenters. The fraction of sp³-hybridized carbons (Fsp3) is 0.500. The van der Waals surface area contributed by atoms with Crippen molar-refractivity contribution in [1.29, 1.82) is 0 Å². The van der Waals surface area contributed by atoms with E-state index >= 15 is 0 Å². The van der Waals surface area contributed by atoms with Crippen LogP contribution in [0.2, 0.25) is 0 Å². The van der Waals surface area contributed by atoms with Gasteiger partial charge < -0.3 is 4.90 Å². The maximum Gasteiger partial charge on any atom is 0.178 e. The van der Waals surface area contributed by atoms with Gasteiger partial charge in [0.25, 0.3) is 0 Å². The highest BCUT2D eigenvalue weighted by molar-refractivity contribution is 5.47. The number of nitrogens with zero attached hydrogens (tertiary/aromatic N) is 8. The lowest BCUT2D eigenvalue weighted by atomic mass is 9.96. The monoisotopic (exact) mass is 350 g/mol. The average Bonchev–Trinajstić information content (AvgIpc) is 3.05. The number of hydrogen-bond donors (Lipinski definition) is 0. The summed E-state index contributed by atoms with van der Waals surface area (Å²) in [7, 11) is 0. The van der Waals surface area contributed by atoms with E-state index in [1.54, 1.807) is 12.4 Å². The Morgan fingerprint density at radius 2 is 1.77 bits per heavy atom. The molecular weight excluding hydrogens is 328 g/mol. The molecule has 0 atom stereocenters. The molecular formula is C18H22N8. The summed E-state index contributed by atoms with van der Waals surface area (Å²) in [6, 6.07) is 5.93. The van der Waals surface area contributed by atoms with Crippen LogP contribution in [0, 0.1) is 0 Å². The van der Waals surface area contributed by atoms with Crippen molar-refractivity contribution in [3.8, 4) is 0 Å². The Morgan fingerprint density at radius 3 is 2.50 bits per heavy atom. The molecule has 0 saturated carbocycles. The maximum absolute atomic E-state index is 4.80. The first-order valence-corrected chi connectivity index (χ1v) is 9.32. The summed E-state index contributed by atoms with van der Waals surface area (Å²) in [5, 5.41) is 13.6. The predicted molar refractivity (Wildman–Crippen MR) is 96.9 cm³/mol. The first-order chi connectivity index (χ1) is 12.9. The Bertz CT molecular complexity index is 881. The number of hydrogen-bond acceptors (Lipinski definition) is 7. The van der Waals surface area contributed by atoms with E-state index in [2.05, 4.69) is 36.0 Å². The van der Waals surface area contributed by atoms with Crippen molar-refractivity contribution in [3.05, 3.63) is 42.2 Å². The van der Waals surface area contributed by atoms with Crippen molar-refractivity contribution in [2.45, 2.75) is 31.7 Å². The first kappa shape index (κ1) is 15.6. The standard InChI is InChI=1S/C18H22N8/c1-7-19-15(20-8-1)13-24-11-5-14(6-12-24)18-22-21-16-3-4-17(23-26(16)18)25-9-2-10-25/h1,3-4,7-8,14H,2,5-6,9-13H2. The van der Waals surface area contributed by atoms with E-state index in [1.165, 1.54) is 6.42 Å². The lowest BCUT2D eigenvalue weighted by Gasteiger charge is -2.32. The van der Waals surface area contributed by atoms with Gasteiger partial charge in [-0.15, -0.1) is 15.3 Å². The Hall–Kier alpha value is -2.61. The Balaban J connectivity index is 1.30. The third-order valence-corrected chi connectivity index (χ3v) is 5.39. The van der Waals surface area contributed by atoms with Gasteiger partial charge in [0.2, 0.25) is 0 Å². The summed E-state index contributed by atoms with van der Waals surface area (Å²) < 4.78 is 1.95. The molecule has 2 aliphatic rings. The molecule has 0 radical (unpaired) electrons. The van der Waals surface area contributed by atoms with Gasteiger partial charge in [-0.3, -0.25) is 4.90 Å². The van der Waals surface area contributed by atoms with E-state index in [0.717, 1.165) is 68.7 Å². The fourth-order valence-electron chi connectivity index (χ4n) is 3.73. The average molecular weight is 350 g/mol. The number of aromatic nitrogens is 6. The summed E-state index contributed by atoms with van der Waals surface area (Å²) in [6.45, 7) is 5.03. The van der Waals surface area contributed by atoms with Crippen LogP contribution in [0.25, 0.3) is 5.65 Å². The molecule has 5 heterocycles. The van der Waals surface area contributed by atoms with Crippen molar-refractivity contribution in [2.24, 2.45) is 0 Å². The molecule has 2 aliphatic heterocycles. The van der Waals surface area contributed by atoms with Crippen molar-refractivity contribution in [3.63, 3.8) is 0 Å². The molecule has 5 rings (SSSR count). The molecule has 0 N–H and O–H groups in total. The smallest absolute Gasteiger partial charge is 0.178 e. The third kappa shape index (κ3) is 2.90. The highest BCUT2D eigenvalue weighted by Crippen LogP contribution is 2.28. The number of likely N-dealkylation sites (tertiary alicyclic amines) is 1. The first-order valence-electron chi connectivity index (χ1n) is 9.32. The topological polar surface area (TPSA) is 75.3 Å². The highest BCUT2D eigenvalue weighted by Gasteiger charge is 2.26. The van der Waals surface area contributed by atoms with Crippen LogP contribution in [0.5, 0.6) is 0 Å². The second-order valence-corrected chi connectivity index (χ2v) is 7.08. The number of rotatable bonds is 4. The predicted octanol–water partition coefficient (Wildman–Crippen LogP) is 1.50. The quantitative estimate of drug-likeness (QED) is 0.706. The molecule has 8 nitrogen and oxygen atoms in total. The van der Waals surface area contributed by atoms with E-state index in [1.807, 2.05) is 16.6 Å². The van der Waals surface area contributed by atoms with Gasteiger partial charge in [0.15, 0.2) is 11.5 Å². The van der Waals surface area contributed by atoms with Crippen LogP contribution in [0.4, 0.5) is 5.82 Å². The molecule has 3 aromatic heterocycles. The second kappa shape index (κ2) is 6.60. The van der Waals surface area contributed by atoms with Crippen LogP contribution in [0.1, 0.15) is 36.8 Å². The van der Waals surface area contributed by atoms with E-state index in [9.17, 15) is 0 Å². The van der Waals surface area contributed by atoms with Gasteiger partial charge in [0, 0.05) is 31.4 Å². The number of anilines is 1. The van der Waals surface area contributed by atoms with Gasteiger partial charge in [0.05, 0.1) is 6.54 Å². The zero-order valence-corrected chi connectivity index (χ0v) is 14.7. The van der Waals surface area contributed by atoms with E-state index in [-0.39, 0.29) is 0 Å². The molecule has 0 spiro atoms. The molecule has 2 fully saturated rings. The summed E-state index contributed by atoms with van der Waals surface area (Å²) in [5.74, 6) is 3.32. The second-order valence-electron chi connectivity index (χ2n) is 7.08. The summed E-state index contributed by atoms with van der Waals surface area (Å²) >= 11 is 0. The zero-order valence-electron chi connectivity index (χ0n) is 14.7. The highest BCUT2D eigenvalue weighted by atomic mass is 15.4. The molecule has 2 saturated heterocycles. The minimum Gasteiger partial charge on any atom is -0.355 e. The lowest BCUT2D eigenvalue weighted by Crippen LogP contribution is -2.38. The largest absolute Gasteiger partial charge is 0.355 e. The van der Waals surface area contributed by atoms with Crippen molar-refractivity contribution in [2.75, 3.05) is 31.1 Å². The van der Waals surface area contributed by atoms with Crippen LogP contribution in [0.3, 0.4) is 0 Å². The summed E-state index contributed by atoms with van der Waals surface area (Å²) in [5.41, 5.74) is 0.837. The van der Waals surface area contributed by atoms with Crippen molar-refractivity contribution < 1.29 is 0 Å². The molecule has 8 heteroatoms. The van der Waals surface area contributed by atoms with E-state index in [4.69, 9.17) is 5.10 Å². The molecule has 0 aliphatic carbocycles. The Labute approximate surface area is 151 Å². The Morgan fingerprint density at radius 1 is 0.962 bits per heavy atom. The Kier molecular flexibility index (Phi) is 3.97. The van der Waals surface area contributed by atoms with Crippen LogP contribution in [-0.4, -0.2) is 60.9 Å². The molecule has 26 heavy (non-hydrogen) atoms. The number of piperidine rings is 1. The van der Waals surface area contributed by atoms with Crippen LogP contribution in [0.15, 0.2) is 30.6 Å². The van der Waals surface area contributed by atoms with Crippen LogP contribution < -0.4 is 4.90 Å². The van der Waals surface area contributed by atoms with Crippen LogP contribution >= 0.6 is 0 Å². The van der Waals surface area contributed by atoms with Crippen LogP contribution in [-0.2, 0) is 6.54 Å². The van der Waals surface area contributed by atoms with Crippen molar-refractivity contribution >= 4 is 11.5 Å². The van der Waals surface area contributed by atoms with Gasteiger partial charge in [-0.25, -0.2) is 9.97 Å². The maximum atomic E-state index is 4.80. The van der Waals surface area contributed by atoms with Gasteiger partial charge in [-0.1, -0.05) is 0 Å². The van der Waals surface area contributed by atoms with E-state index < -0.39 is 0 Å². The molecule has 0 amide bonds. The van der Waals surface area contributed by atoms with Gasteiger partial charge in [0.1, 0.15) is 11.6 Å². The fourth-order valence-corrected chi connectivity index (χ4v) is 3.73. The van der Waals surface area contributed by atoms with E-state index in [0.29, 0.717) is 5.92 Å². The third-order valence-electron chi connectivity index (χ3n) is 5.39. The SMILES string of the molecule is c1cnc(CN2CCC(c3nnc4ccc(N5CCC5)nn34)CC2)nc1. The van der Waals surface area contributed by atoms with Gasteiger partial charge >= 0.3 is 0 Å². The van der Waals surface area contributed by atoms with Gasteiger partial charge in [-0.05, 0) is 50.6 Å². The summed E-state index contributed by atoms with van der Waals surface area (Å²) in [4.78, 5) is 13.4. The summed E-state index contributed by atoms with van der Waals surface area (Å²) in [6.07, 6.45) is 6.97. The lowest BCUT2D eigenvalue weighted by molar-refractivity contribution is 0.196. The minimum absolute atomic E-state index is 0.400. The zero-order chi connectivity index (χ0) is 17.3.